The van der Waals surface area contributed by atoms with E-state index >= 15 is 0 Å². The Morgan fingerprint density at radius 3 is 2.71 bits per heavy atom. The highest BCUT2D eigenvalue weighted by Gasteiger charge is 2.12. The lowest BCUT2D eigenvalue weighted by molar-refractivity contribution is 0.503. The minimum Gasteiger partial charge on any atom is -0.467 e. The molecule has 0 bridgehead atoms. The molecule has 0 saturated carbocycles. The van der Waals surface area contributed by atoms with Gasteiger partial charge in [0, 0.05) is 29.3 Å². The lowest BCUT2D eigenvalue weighted by Crippen LogP contribution is -2.26. The molecule has 0 aliphatic rings. The Kier molecular flexibility index (Phi) is 5.88. The van der Waals surface area contributed by atoms with E-state index in [9.17, 15) is 0 Å². The largest absolute Gasteiger partial charge is 0.467 e. The molecule has 0 fully saturated rings. The van der Waals surface area contributed by atoms with Gasteiger partial charge in [-0.15, -0.1) is 0 Å². The highest BCUT2D eigenvalue weighted by Crippen LogP contribution is 2.27. The van der Waals surface area contributed by atoms with E-state index in [1.54, 1.807) is 6.26 Å². The van der Waals surface area contributed by atoms with Gasteiger partial charge in [0.25, 0.3) is 0 Å². The molecular weight excluding hydrogens is 328 g/mol. The van der Waals surface area contributed by atoms with Gasteiger partial charge < -0.3 is 14.6 Å². The van der Waals surface area contributed by atoms with E-state index in [4.69, 9.17) is 4.42 Å². The third kappa shape index (κ3) is 4.61. The fourth-order valence-corrected chi connectivity index (χ4v) is 2.60. The predicted octanol–water partition coefficient (Wildman–Crippen LogP) is 4.57. The second-order valence-corrected chi connectivity index (χ2v) is 6.32. The molecule has 0 amide bonds. The fourth-order valence-electron chi connectivity index (χ4n) is 2.25. The van der Waals surface area contributed by atoms with Crippen LogP contribution in [0, 0.1) is 0 Å². The second-order valence-electron chi connectivity index (χ2n) is 5.40. The molecule has 1 aromatic heterocycles. The summed E-state index contributed by atoms with van der Waals surface area (Å²) in [4.78, 5) is 2.33. The van der Waals surface area contributed by atoms with Crippen molar-refractivity contribution in [2.24, 2.45) is 0 Å². The number of halogens is 1. The number of anilines is 1. The zero-order chi connectivity index (χ0) is 15.2. The first-order chi connectivity index (χ1) is 10.1. The molecule has 21 heavy (non-hydrogen) atoms. The maximum absolute atomic E-state index is 5.49. The minimum atomic E-state index is 0.474. The van der Waals surface area contributed by atoms with Gasteiger partial charge in [0.2, 0.25) is 0 Å². The summed E-state index contributed by atoms with van der Waals surface area (Å²) in [5, 5.41) is 3.49. The number of benzene rings is 1. The first-order valence-corrected chi connectivity index (χ1v) is 8.18. The van der Waals surface area contributed by atoms with Gasteiger partial charge in [0.1, 0.15) is 5.76 Å². The molecule has 1 N–H and O–H groups in total. The van der Waals surface area contributed by atoms with Crippen molar-refractivity contribution in [3.8, 4) is 0 Å². The molecule has 3 nitrogen and oxygen atoms in total. The van der Waals surface area contributed by atoms with Crippen molar-refractivity contribution in [1.82, 2.24) is 5.32 Å². The molecule has 0 saturated heterocycles. The van der Waals surface area contributed by atoms with Gasteiger partial charge in [-0.1, -0.05) is 35.8 Å². The highest BCUT2D eigenvalue weighted by atomic mass is 79.9. The average molecular weight is 351 g/mol. The van der Waals surface area contributed by atoms with Gasteiger partial charge in [0.05, 0.1) is 12.8 Å². The monoisotopic (exact) mass is 350 g/mol. The number of nitrogens with zero attached hydrogens (tertiary/aromatic N) is 1. The average Bonchev–Trinajstić information content (AvgIpc) is 2.96. The van der Waals surface area contributed by atoms with Gasteiger partial charge in [-0.3, -0.25) is 0 Å². The number of furan rings is 1. The zero-order valence-corrected chi connectivity index (χ0v) is 14.5. The summed E-state index contributed by atoms with van der Waals surface area (Å²) in [6.45, 7) is 9.09. The van der Waals surface area contributed by atoms with Gasteiger partial charge in [-0.05, 0) is 36.8 Å². The Morgan fingerprint density at radius 1 is 1.29 bits per heavy atom. The third-order valence-electron chi connectivity index (χ3n) is 3.40. The van der Waals surface area contributed by atoms with Crippen LogP contribution in [0.25, 0.3) is 0 Å². The van der Waals surface area contributed by atoms with Crippen molar-refractivity contribution in [3.63, 3.8) is 0 Å². The molecule has 114 valence electrons. The summed E-state index contributed by atoms with van der Waals surface area (Å²) in [6, 6.07) is 10.9. The van der Waals surface area contributed by atoms with Crippen LogP contribution in [-0.2, 0) is 13.1 Å². The van der Waals surface area contributed by atoms with E-state index in [0.717, 1.165) is 29.9 Å². The molecule has 0 atom stereocenters. The molecule has 0 unspecified atom stereocenters. The van der Waals surface area contributed by atoms with E-state index in [1.807, 2.05) is 12.1 Å². The fraction of sp³-hybridized carbons (Fsp3) is 0.412. The van der Waals surface area contributed by atoms with Crippen molar-refractivity contribution in [2.75, 3.05) is 11.4 Å². The Bertz CT molecular complexity index is 552. The van der Waals surface area contributed by atoms with Crippen LogP contribution in [0.3, 0.4) is 0 Å². The minimum absolute atomic E-state index is 0.474. The Balaban J connectivity index is 2.23. The van der Waals surface area contributed by atoms with Crippen LogP contribution in [0.1, 0.15) is 32.1 Å². The summed E-state index contributed by atoms with van der Waals surface area (Å²) in [6.07, 6.45) is 1.73. The summed E-state index contributed by atoms with van der Waals surface area (Å²) >= 11 is 3.58. The van der Waals surface area contributed by atoms with Gasteiger partial charge >= 0.3 is 0 Å². The molecule has 0 aliphatic carbocycles. The highest BCUT2D eigenvalue weighted by molar-refractivity contribution is 9.10. The second kappa shape index (κ2) is 7.66. The number of hydrogen-bond acceptors (Lipinski definition) is 3. The maximum Gasteiger partial charge on any atom is 0.123 e. The van der Waals surface area contributed by atoms with Crippen molar-refractivity contribution < 1.29 is 4.42 Å². The quantitative estimate of drug-likeness (QED) is 0.792. The Morgan fingerprint density at radius 2 is 2.10 bits per heavy atom. The van der Waals surface area contributed by atoms with E-state index in [1.165, 1.54) is 11.3 Å². The summed E-state index contributed by atoms with van der Waals surface area (Å²) < 4.78 is 6.59. The predicted molar refractivity (Wildman–Crippen MR) is 91.5 cm³/mol. The Hall–Kier alpha value is -1.26. The van der Waals surface area contributed by atoms with Gasteiger partial charge in [-0.25, -0.2) is 0 Å². The summed E-state index contributed by atoms with van der Waals surface area (Å²) in [5.74, 6) is 0.986. The lowest BCUT2D eigenvalue weighted by Gasteiger charge is -2.25. The molecular formula is C17H23BrN2O. The van der Waals surface area contributed by atoms with Crippen LogP contribution < -0.4 is 10.2 Å². The first-order valence-electron chi connectivity index (χ1n) is 7.39. The van der Waals surface area contributed by atoms with Crippen molar-refractivity contribution >= 4 is 21.6 Å². The standard InChI is InChI=1S/C17H23BrN2O/c1-4-20(12-16-6-5-9-21-16)17-10-15(18)8-7-14(17)11-19-13(2)3/h5-10,13,19H,4,11-12H2,1-3H3. The number of nitrogens with one attached hydrogen (secondary N) is 1. The Labute approximate surface area is 135 Å². The molecule has 0 radical (unpaired) electrons. The van der Waals surface area contributed by atoms with Crippen LogP contribution >= 0.6 is 15.9 Å². The van der Waals surface area contributed by atoms with Gasteiger partial charge in [0.15, 0.2) is 0 Å². The van der Waals surface area contributed by atoms with Crippen molar-refractivity contribution in [3.05, 3.63) is 52.4 Å². The van der Waals surface area contributed by atoms with E-state index < -0.39 is 0 Å². The molecule has 1 aromatic carbocycles. The van der Waals surface area contributed by atoms with E-state index in [0.29, 0.717) is 6.04 Å². The SMILES string of the molecule is CCN(Cc1ccco1)c1cc(Br)ccc1CNC(C)C. The number of rotatable bonds is 7. The van der Waals surface area contributed by atoms with E-state index in [-0.39, 0.29) is 0 Å². The molecule has 1 heterocycles. The maximum atomic E-state index is 5.49. The topological polar surface area (TPSA) is 28.4 Å². The molecule has 4 heteroatoms. The summed E-state index contributed by atoms with van der Waals surface area (Å²) in [7, 11) is 0. The molecule has 2 rings (SSSR count). The van der Waals surface area contributed by atoms with Gasteiger partial charge in [-0.2, -0.15) is 0 Å². The zero-order valence-electron chi connectivity index (χ0n) is 12.9. The van der Waals surface area contributed by atoms with Crippen LogP contribution in [0.5, 0.6) is 0 Å². The van der Waals surface area contributed by atoms with Crippen LogP contribution in [0.15, 0.2) is 45.5 Å². The summed E-state index contributed by atoms with van der Waals surface area (Å²) in [5.41, 5.74) is 2.55. The first kappa shape index (κ1) is 16.1. The van der Waals surface area contributed by atoms with E-state index in [2.05, 4.69) is 65.1 Å². The molecule has 2 aromatic rings. The van der Waals surface area contributed by atoms with Crippen LogP contribution in [0.2, 0.25) is 0 Å². The lowest BCUT2D eigenvalue weighted by atomic mass is 10.1. The smallest absolute Gasteiger partial charge is 0.123 e. The third-order valence-corrected chi connectivity index (χ3v) is 3.89. The number of hydrogen-bond donors (Lipinski definition) is 1. The molecule has 0 spiro atoms. The normalized spacial score (nSPS) is 11.1. The van der Waals surface area contributed by atoms with Crippen LogP contribution in [-0.4, -0.2) is 12.6 Å². The molecule has 0 aliphatic heterocycles. The van der Waals surface area contributed by atoms with Crippen LogP contribution in [0.4, 0.5) is 5.69 Å². The van der Waals surface area contributed by atoms with Crippen molar-refractivity contribution in [2.45, 2.75) is 39.9 Å². The van der Waals surface area contributed by atoms with Crippen molar-refractivity contribution in [1.29, 1.82) is 0 Å².